The van der Waals surface area contributed by atoms with Crippen molar-refractivity contribution < 1.29 is 19.1 Å². The van der Waals surface area contributed by atoms with Crippen molar-refractivity contribution in [2.45, 2.75) is 50.6 Å². The first-order valence-electron chi connectivity index (χ1n) is 11.5. The van der Waals surface area contributed by atoms with Crippen molar-refractivity contribution in [2.75, 3.05) is 19.7 Å². The Hall–Kier alpha value is -3.15. The summed E-state index contributed by atoms with van der Waals surface area (Å²) in [5.74, 6) is -0.112. The van der Waals surface area contributed by atoms with Crippen LogP contribution >= 0.6 is 0 Å². The molecule has 2 atom stereocenters. The van der Waals surface area contributed by atoms with Crippen LogP contribution in [-0.4, -0.2) is 59.4 Å². The lowest BCUT2D eigenvalue weighted by atomic mass is 9.98. The fourth-order valence-electron chi connectivity index (χ4n) is 5.56. The molecule has 2 amide bonds. The van der Waals surface area contributed by atoms with Crippen molar-refractivity contribution in [3.8, 4) is 11.1 Å². The summed E-state index contributed by atoms with van der Waals surface area (Å²) in [6.07, 6.45) is 2.47. The predicted molar refractivity (Wildman–Crippen MR) is 120 cm³/mol. The Bertz CT molecular complexity index is 1020. The monoisotopic (exact) mass is 432 g/mol. The fraction of sp³-hybridized carbons (Fsp3) is 0.423. The molecule has 0 saturated carbocycles. The highest BCUT2D eigenvalue weighted by Gasteiger charge is 2.42. The van der Waals surface area contributed by atoms with E-state index in [1.54, 1.807) is 9.80 Å². The van der Waals surface area contributed by atoms with Crippen LogP contribution in [0.2, 0.25) is 0 Å². The highest BCUT2D eigenvalue weighted by molar-refractivity contribution is 5.92. The zero-order valence-corrected chi connectivity index (χ0v) is 18.3. The second kappa shape index (κ2) is 8.41. The summed E-state index contributed by atoms with van der Waals surface area (Å²) in [5, 5.41) is 0. The van der Waals surface area contributed by atoms with Gasteiger partial charge in [-0.3, -0.25) is 14.5 Å². The lowest BCUT2D eigenvalue weighted by Crippen LogP contribution is -2.50. The lowest BCUT2D eigenvalue weighted by Gasteiger charge is -2.30. The van der Waals surface area contributed by atoms with Gasteiger partial charge in [-0.25, -0.2) is 4.79 Å². The van der Waals surface area contributed by atoms with Gasteiger partial charge in [-0.2, -0.15) is 0 Å². The number of carbonyl (C=O) groups is 3. The molecule has 2 saturated heterocycles. The molecule has 0 aromatic heterocycles. The minimum atomic E-state index is -0.536. The number of hydrogen-bond acceptors (Lipinski definition) is 4. The largest absolute Gasteiger partial charge is 0.448 e. The SMILES string of the molecule is CC(=O)[C@@H]1CCCN1C(=O)[C@@H]1CCCN1C(=O)OCC1c2ccccc2-c2ccccc21. The number of fused-ring (bicyclic) bond motifs is 3. The van der Waals surface area contributed by atoms with Crippen molar-refractivity contribution >= 4 is 17.8 Å². The van der Waals surface area contributed by atoms with Gasteiger partial charge in [0.25, 0.3) is 0 Å². The van der Waals surface area contributed by atoms with Gasteiger partial charge in [-0.05, 0) is 54.9 Å². The van der Waals surface area contributed by atoms with Crippen molar-refractivity contribution in [2.24, 2.45) is 0 Å². The Balaban J connectivity index is 1.29. The number of ketones is 1. The third kappa shape index (κ3) is 3.48. The van der Waals surface area contributed by atoms with Gasteiger partial charge >= 0.3 is 6.09 Å². The van der Waals surface area contributed by atoms with Gasteiger partial charge in [-0.1, -0.05) is 48.5 Å². The van der Waals surface area contributed by atoms with E-state index in [0.717, 1.165) is 24.0 Å². The average Bonchev–Trinajstić information content (AvgIpc) is 3.55. The first-order chi connectivity index (χ1) is 15.6. The molecule has 0 spiro atoms. The number of hydrogen-bond donors (Lipinski definition) is 0. The molecule has 32 heavy (non-hydrogen) atoms. The zero-order chi connectivity index (χ0) is 22.2. The topological polar surface area (TPSA) is 66.9 Å². The highest BCUT2D eigenvalue weighted by Crippen LogP contribution is 2.44. The molecule has 166 valence electrons. The van der Waals surface area contributed by atoms with E-state index in [1.807, 2.05) is 24.3 Å². The minimum absolute atomic E-state index is 0.0104. The van der Waals surface area contributed by atoms with E-state index in [4.69, 9.17) is 4.74 Å². The molecular formula is C26H28N2O4. The predicted octanol–water partition coefficient (Wildman–Crippen LogP) is 3.98. The maximum absolute atomic E-state index is 13.2. The molecule has 0 N–H and O–H groups in total. The molecule has 2 aliphatic heterocycles. The molecule has 3 aliphatic rings. The number of nitrogens with zero attached hydrogens (tertiary/aromatic N) is 2. The van der Waals surface area contributed by atoms with Crippen molar-refractivity contribution in [3.05, 3.63) is 59.7 Å². The molecule has 2 aromatic carbocycles. The van der Waals surface area contributed by atoms with Crippen LogP contribution in [0.15, 0.2) is 48.5 Å². The van der Waals surface area contributed by atoms with Crippen LogP contribution in [0.25, 0.3) is 11.1 Å². The third-order valence-electron chi connectivity index (χ3n) is 7.11. The Morgan fingerprint density at radius 2 is 1.41 bits per heavy atom. The molecule has 2 fully saturated rings. The number of Topliss-reactive ketones (excluding diaryl/α,β-unsaturated/α-hetero) is 1. The quantitative estimate of drug-likeness (QED) is 0.733. The van der Waals surface area contributed by atoms with Gasteiger partial charge in [0.1, 0.15) is 12.6 Å². The summed E-state index contributed by atoms with van der Waals surface area (Å²) >= 11 is 0. The van der Waals surface area contributed by atoms with E-state index in [1.165, 1.54) is 18.1 Å². The van der Waals surface area contributed by atoms with Gasteiger partial charge in [0.2, 0.25) is 5.91 Å². The number of carbonyl (C=O) groups excluding carboxylic acids is 3. The maximum atomic E-state index is 13.2. The van der Waals surface area contributed by atoms with Crippen molar-refractivity contribution in [1.82, 2.24) is 9.80 Å². The summed E-state index contributed by atoms with van der Waals surface area (Å²) < 4.78 is 5.79. The van der Waals surface area contributed by atoms with Gasteiger partial charge in [-0.15, -0.1) is 0 Å². The van der Waals surface area contributed by atoms with Crippen LogP contribution in [0.4, 0.5) is 4.79 Å². The van der Waals surface area contributed by atoms with Crippen molar-refractivity contribution in [1.29, 1.82) is 0 Å². The molecular weight excluding hydrogens is 404 g/mol. The van der Waals surface area contributed by atoms with Crippen LogP contribution in [0.3, 0.4) is 0 Å². The van der Waals surface area contributed by atoms with E-state index >= 15 is 0 Å². The number of rotatable bonds is 4. The van der Waals surface area contributed by atoms with Crippen LogP contribution in [0.1, 0.15) is 49.7 Å². The maximum Gasteiger partial charge on any atom is 0.410 e. The molecule has 6 heteroatoms. The molecule has 2 aromatic rings. The van der Waals surface area contributed by atoms with Crippen LogP contribution < -0.4 is 0 Å². The second-order valence-electron chi connectivity index (χ2n) is 8.96. The Kier molecular flexibility index (Phi) is 5.45. The van der Waals surface area contributed by atoms with Gasteiger partial charge in [0, 0.05) is 19.0 Å². The molecule has 0 bridgehead atoms. The minimum Gasteiger partial charge on any atom is -0.448 e. The highest BCUT2D eigenvalue weighted by atomic mass is 16.6. The standard InChI is InChI=1S/C26H28N2O4/c1-17(29)23-12-6-14-27(23)25(30)24-13-7-15-28(24)26(31)32-16-22-20-10-4-2-8-18(20)19-9-3-5-11-21(19)22/h2-5,8-11,22-24H,6-7,12-16H2,1H3/t23-,24-/m0/s1. The first-order valence-corrected chi connectivity index (χ1v) is 11.5. The van der Waals surface area contributed by atoms with Crippen LogP contribution in [0.5, 0.6) is 0 Å². The number of ether oxygens (including phenoxy) is 1. The number of amides is 2. The van der Waals surface area contributed by atoms with Crippen LogP contribution in [0, 0.1) is 0 Å². The first kappa shape index (κ1) is 20.7. The Morgan fingerprint density at radius 3 is 2.03 bits per heavy atom. The molecule has 5 rings (SSSR count). The summed E-state index contributed by atoms with van der Waals surface area (Å²) in [6, 6.07) is 15.6. The van der Waals surface area contributed by atoms with Gasteiger partial charge < -0.3 is 9.64 Å². The Labute approximate surface area is 188 Å². The van der Waals surface area contributed by atoms with E-state index in [-0.39, 0.29) is 30.3 Å². The lowest BCUT2D eigenvalue weighted by molar-refractivity contribution is -0.140. The van der Waals surface area contributed by atoms with Crippen LogP contribution in [-0.2, 0) is 14.3 Å². The molecule has 0 radical (unpaired) electrons. The summed E-state index contributed by atoms with van der Waals surface area (Å²) in [7, 11) is 0. The van der Waals surface area contributed by atoms with E-state index in [2.05, 4.69) is 24.3 Å². The summed E-state index contributed by atoms with van der Waals surface area (Å²) in [6.45, 7) is 2.86. The third-order valence-corrected chi connectivity index (χ3v) is 7.11. The normalized spacial score (nSPS) is 22.0. The van der Waals surface area contributed by atoms with E-state index in [0.29, 0.717) is 25.9 Å². The molecule has 2 heterocycles. The van der Waals surface area contributed by atoms with Gasteiger partial charge in [0.15, 0.2) is 5.78 Å². The van der Waals surface area contributed by atoms with Crippen molar-refractivity contribution in [3.63, 3.8) is 0 Å². The van der Waals surface area contributed by atoms with E-state index < -0.39 is 12.1 Å². The summed E-state index contributed by atoms with van der Waals surface area (Å²) in [5.41, 5.74) is 4.69. The summed E-state index contributed by atoms with van der Waals surface area (Å²) in [4.78, 5) is 41.4. The van der Waals surface area contributed by atoms with Gasteiger partial charge in [0.05, 0.1) is 6.04 Å². The fourth-order valence-corrected chi connectivity index (χ4v) is 5.56. The number of likely N-dealkylation sites (tertiary alicyclic amines) is 2. The van der Waals surface area contributed by atoms with E-state index in [9.17, 15) is 14.4 Å². The smallest absolute Gasteiger partial charge is 0.410 e. The Morgan fingerprint density at radius 1 is 0.844 bits per heavy atom. The number of benzene rings is 2. The zero-order valence-electron chi connectivity index (χ0n) is 18.3. The molecule has 1 aliphatic carbocycles. The average molecular weight is 433 g/mol. The molecule has 6 nitrogen and oxygen atoms in total. The second-order valence-corrected chi connectivity index (χ2v) is 8.96. The molecule has 0 unspecified atom stereocenters.